The first kappa shape index (κ1) is 15.0. The van der Waals surface area contributed by atoms with E-state index in [1.54, 1.807) is 0 Å². The van der Waals surface area contributed by atoms with Gasteiger partial charge in [0.05, 0.1) is 0 Å². The van der Waals surface area contributed by atoms with Gasteiger partial charge in [-0.05, 0) is 56.8 Å². The van der Waals surface area contributed by atoms with E-state index in [-0.39, 0.29) is 0 Å². The fourth-order valence-corrected chi connectivity index (χ4v) is 4.09. The second kappa shape index (κ2) is 6.07. The molecule has 0 spiro atoms. The molecule has 2 aliphatic rings. The summed E-state index contributed by atoms with van der Waals surface area (Å²) < 4.78 is 0. The number of rotatable bonds is 3. The van der Waals surface area contributed by atoms with Gasteiger partial charge in [-0.2, -0.15) is 0 Å². The summed E-state index contributed by atoms with van der Waals surface area (Å²) in [5, 5.41) is 0. The Morgan fingerprint density at radius 1 is 1.14 bits per heavy atom. The lowest BCUT2D eigenvalue weighted by atomic mass is 9.98. The average Bonchev–Trinajstić information content (AvgIpc) is 2.70. The molecule has 2 saturated heterocycles. The van der Waals surface area contributed by atoms with Crippen LogP contribution in [0.2, 0.25) is 0 Å². The van der Waals surface area contributed by atoms with E-state index < -0.39 is 0 Å². The maximum Gasteiger partial charge on any atom is 0.0471 e. The van der Waals surface area contributed by atoms with Crippen LogP contribution in [-0.2, 0) is 0 Å². The van der Waals surface area contributed by atoms with Crippen LogP contribution in [0.1, 0.15) is 42.0 Å². The van der Waals surface area contributed by atoms with Gasteiger partial charge in [0, 0.05) is 37.8 Å². The highest BCUT2D eigenvalue weighted by Gasteiger charge is 2.36. The summed E-state index contributed by atoms with van der Waals surface area (Å²) in [4.78, 5) is 5.23. The third-order valence-electron chi connectivity index (χ3n) is 5.76. The van der Waals surface area contributed by atoms with Crippen LogP contribution in [-0.4, -0.2) is 48.6 Å². The molecule has 0 saturated carbocycles. The van der Waals surface area contributed by atoms with Crippen molar-refractivity contribution >= 4 is 0 Å². The summed E-state index contributed by atoms with van der Waals surface area (Å²) in [6.07, 6.45) is 4.02. The quantitative estimate of drug-likeness (QED) is 0.927. The van der Waals surface area contributed by atoms with Gasteiger partial charge in [0.15, 0.2) is 0 Å². The van der Waals surface area contributed by atoms with Crippen LogP contribution in [0.25, 0.3) is 0 Å². The summed E-state index contributed by atoms with van der Waals surface area (Å²) in [5.41, 5.74) is 10.3. The van der Waals surface area contributed by atoms with Crippen molar-refractivity contribution in [2.24, 2.45) is 5.73 Å². The number of benzene rings is 1. The van der Waals surface area contributed by atoms with Crippen molar-refractivity contribution in [3.05, 3.63) is 34.9 Å². The summed E-state index contributed by atoms with van der Waals surface area (Å²) in [6, 6.07) is 8.73. The molecule has 3 rings (SSSR count). The Labute approximate surface area is 129 Å². The fourth-order valence-electron chi connectivity index (χ4n) is 4.09. The van der Waals surface area contributed by atoms with Crippen molar-refractivity contribution < 1.29 is 0 Å². The molecule has 3 unspecified atom stereocenters. The van der Waals surface area contributed by atoms with Gasteiger partial charge >= 0.3 is 0 Å². The molecule has 2 heterocycles. The zero-order valence-electron chi connectivity index (χ0n) is 13.7. The van der Waals surface area contributed by atoms with E-state index in [4.69, 9.17) is 5.73 Å². The number of likely N-dealkylation sites (N-methyl/N-ethyl adjacent to an activating group) is 1. The molecule has 3 heteroatoms. The van der Waals surface area contributed by atoms with Crippen molar-refractivity contribution in [1.29, 1.82) is 0 Å². The molecule has 3 atom stereocenters. The number of hydrogen-bond donors (Lipinski definition) is 1. The van der Waals surface area contributed by atoms with Gasteiger partial charge in [0.25, 0.3) is 0 Å². The number of fused-ring (bicyclic) bond motifs is 2. The number of likely N-dealkylation sites (tertiary alicyclic amines) is 1. The van der Waals surface area contributed by atoms with Crippen LogP contribution in [0.5, 0.6) is 0 Å². The van der Waals surface area contributed by atoms with Crippen LogP contribution in [0.4, 0.5) is 0 Å². The number of nitrogens with two attached hydrogens (primary N) is 1. The first-order valence-electron chi connectivity index (χ1n) is 8.33. The van der Waals surface area contributed by atoms with E-state index in [1.165, 1.54) is 49.0 Å². The van der Waals surface area contributed by atoms with E-state index in [1.807, 2.05) is 0 Å². The largest absolute Gasteiger partial charge is 0.329 e. The SMILES string of the molecule is Cc1ccc(C(CN)N2CCC3CCC(C2)N3C)cc1C. The Morgan fingerprint density at radius 2 is 1.90 bits per heavy atom. The Bertz CT molecular complexity index is 499. The molecule has 1 aromatic carbocycles. The van der Waals surface area contributed by atoms with Gasteiger partial charge in [0.1, 0.15) is 0 Å². The first-order valence-corrected chi connectivity index (χ1v) is 8.33. The fraction of sp³-hybridized carbons (Fsp3) is 0.667. The molecule has 2 fully saturated rings. The minimum atomic E-state index is 0.372. The summed E-state index contributed by atoms with van der Waals surface area (Å²) in [5.74, 6) is 0. The molecule has 0 amide bonds. The van der Waals surface area contributed by atoms with E-state index in [0.717, 1.165) is 12.1 Å². The predicted octanol–water partition coefficient (Wildman–Crippen LogP) is 2.47. The second-order valence-corrected chi connectivity index (χ2v) is 6.93. The maximum atomic E-state index is 6.15. The summed E-state index contributed by atoms with van der Waals surface area (Å²) in [7, 11) is 2.30. The molecule has 2 bridgehead atoms. The van der Waals surface area contributed by atoms with Crippen molar-refractivity contribution in [1.82, 2.24) is 9.80 Å². The van der Waals surface area contributed by atoms with E-state index >= 15 is 0 Å². The normalized spacial score (nSPS) is 28.6. The predicted molar refractivity (Wildman–Crippen MR) is 88.5 cm³/mol. The van der Waals surface area contributed by atoms with Gasteiger partial charge in [0.2, 0.25) is 0 Å². The Kier molecular flexibility index (Phi) is 4.34. The van der Waals surface area contributed by atoms with E-state index in [0.29, 0.717) is 12.6 Å². The molecular formula is C18H29N3. The maximum absolute atomic E-state index is 6.15. The number of hydrogen-bond acceptors (Lipinski definition) is 3. The van der Waals surface area contributed by atoms with Crippen LogP contribution in [0.3, 0.4) is 0 Å². The zero-order valence-corrected chi connectivity index (χ0v) is 13.7. The highest BCUT2D eigenvalue weighted by atomic mass is 15.3. The average molecular weight is 287 g/mol. The molecule has 1 aromatic rings. The lowest BCUT2D eigenvalue weighted by Gasteiger charge is -2.33. The zero-order chi connectivity index (χ0) is 15.0. The molecule has 0 radical (unpaired) electrons. The standard InChI is InChI=1S/C18H29N3/c1-13-4-5-15(10-14(13)2)18(11-19)21-9-8-16-6-7-17(12-21)20(16)3/h4-5,10,16-18H,6-9,11-12,19H2,1-3H3. The summed E-state index contributed by atoms with van der Waals surface area (Å²) >= 11 is 0. The minimum absolute atomic E-state index is 0.372. The second-order valence-electron chi connectivity index (χ2n) is 6.93. The molecule has 2 aliphatic heterocycles. The number of nitrogens with zero attached hydrogens (tertiary/aromatic N) is 2. The van der Waals surface area contributed by atoms with Crippen molar-refractivity contribution in [3.63, 3.8) is 0 Å². The Morgan fingerprint density at radius 3 is 2.62 bits per heavy atom. The van der Waals surface area contributed by atoms with E-state index in [2.05, 4.69) is 48.9 Å². The van der Waals surface area contributed by atoms with Crippen LogP contribution in [0.15, 0.2) is 18.2 Å². The minimum Gasteiger partial charge on any atom is -0.329 e. The van der Waals surface area contributed by atoms with Gasteiger partial charge < -0.3 is 5.73 Å². The highest BCUT2D eigenvalue weighted by Crippen LogP contribution is 2.32. The molecular weight excluding hydrogens is 258 g/mol. The molecule has 116 valence electrons. The Hall–Kier alpha value is -0.900. The molecule has 0 aliphatic carbocycles. The topological polar surface area (TPSA) is 32.5 Å². The molecule has 2 N–H and O–H groups in total. The van der Waals surface area contributed by atoms with Crippen LogP contribution in [0, 0.1) is 13.8 Å². The lowest BCUT2D eigenvalue weighted by Crippen LogP contribution is -2.40. The third-order valence-corrected chi connectivity index (χ3v) is 5.76. The number of aryl methyl sites for hydroxylation is 2. The van der Waals surface area contributed by atoms with Crippen molar-refractivity contribution in [2.45, 2.75) is 51.2 Å². The Balaban J connectivity index is 1.81. The highest BCUT2D eigenvalue weighted by molar-refractivity contribution is 5.32. The lowest BCUT2D eigenvalue weighted by molar-refractivity contribution is 0.175. The van der Waals surface area contributed by atoms with Gasteiger partial charge in [-0.25, -0.2) is 0 Å². The molecule has 21 heavy (non-hydrogen) atoms. The van der Waals surface area contributed by atoms with E-state index in [9.17, 15) is 0 Å². The van der Waals surface area contributed by atoms with Crippen LogP contribution >= 0.6 is 0 Å². The van der Waals surface area contributed by atoms with Crippen molar-refractivity contribution in [2.75, 3.05) is 26.7 Å². The van der Waals surface area contributed by atoms with Gasteiger partial charge in [-0.1, -0.05) is 18.2 Å². The first-order chi connectivity index (χ1) is 10.1. The van der Waals surface area contributed by atoms with Crippen molar-refractivity contribution in [3.8, 4) is 0 Å². The third kappa shape index (κ3) is 2.87. The van der Waals surface area contributed by atoms with Gasteiger partial charge in [-0.15, -0.1) is 0 Å². The smallest absolute Gasteiger partial charge is 0.0471 e. The van der Waals surface area contributed by atoms with Crippen LogP contribution < -0.4 is 5.73 Å². The molecule has 0 aromatic heterocycles. The monoisotopic (exact) mass is 287 g/mol. The summed E-state index contributed by atoms with van der Waals surface area (Å²) in [6.45, 7) is 7.44. The van der Waals surface area contributed by atoms with Gasteiger partial charge in [-0.3, -0.25) is 9.80 Å². The molecule has 3 nitrogen and oxygen atoms in total.